The first-order chi connectivity index (χ1) is 16.8. The second-order valence-corrected chi connectivity index (χ2v) is 12.2. The van der Waals surface area contributed by atoms with E-state index in [1.165, 1.54) is 23.9 Å². The lowest BCUT2D eigenvalue weighted by molar-refractivity contribution is 0.141. The Balaban J connectivity index is 1.63. The van der Waals surface area contributed by atoms with Crippen LogP contribution in [0.2, 0.25) is 5.02 Å². The van der Waals surface area contributed by atoms with E-state index < -0.39 is 10.0 Å². The SMILES string of the molecule is CCOCCCn1c(SCc2ccc(F)cc2Cl)nc2cc(S(=O)(=O)N3CCC[C@H](C)C3)ccc21. The Bertz CT molecular complexity index is 1280. The van der Waals surface area contributed by atoms with Gasteiger partial charge in [-0.1, -0.05) is 36.4 Å². The quantitative estimate of drug-likeness (QED) is 0.235. The summed E-state index contributed by atoms with van der Waals surface area (Å²) in [5.74, 6) is 0.502. The molecule has 0 radical (unpaired) electrons. The highest BCUT2D eigenvalue weighted by atomic mass is 35.5. The van der Waals surface area contributed by atoms with Gasteiger partial charge >= 0.3 is 0 Å². The highest BCUT2D eigenvalue weighted by Crippen LogP contribution is 2.32. The predicted octanol–water partition coefficient (Wildman–Crippen LogP) is 5.97. The van der Waals surface area contributed by atoms with E-state index in [0.29, 0.717) is 55.1 Å². The number of halogens is 2. The van der Waals surface area contributed by atoms with Gasteiger partial charge in [0.2, 0.25) is 10.0 Å². The van der Waals surface area contributed by atoms with E-state index in [-0.39, 0.29) is 10.7 Å². The Morgan fingerprint density at radius 1 is 1.26 bits per heavy atom. The largest absolute Gasteiger partial charge is 0.382 e. The maximum absolute atomic E-state index is 13.4. The Morgan fingerprint density at radius 2 is 2.09 bits per heavy atom. The van der Waals surface area contributed by atoms with Gasteiger partial charge in [-0.3, -0.25) is 0 Å². The Labute approximate surface area is 215 Å². The summed E-state index contributed by atoms with van der Waals surface area (Å²) in [6, 6.07) is 9.59. The van der Waals surface area contributed by atoms with Gasteiger partial charge in [0.25, 0.3) is 0 Å². The van der Waals surface area contributed by atoms with Gasteiger partial charge in [-0.15, -0.1) is 0 Å². The third-order valence-corrected chi connectivity index (χ3v) is 9.43. The zero-order chi connectivity index (χ0) is 25.0. The minimum Gasteiger partial charge on any atom is -0.382 e. The van der Waals surface area contributed by atoms with Crippen LogP contribution in [0.25, 0.3) is 11.0 Å². The average molecular weight is 540 g/mol. The summed E-state index contributed by atoms with van der Waals surface area (Å²) in [6.07, 6.45) is 2.73. The van der Waals surface area contributed by atoms with E-state index >= 15 is 0 Å². The number of hydrogen-bond donors (Lipinski definition) is 0. The molecule has 1 aliphatic rings. The number of aromatic nitrogens is 2. The van der Waals surface area contributed by atoms with Gasteiger partial charge < -0.3 is 9.30 Å². The number of fused-ring (bicyclic) bond motifs is 1. The number of thioether (sulfide) groups is 1. The molecule has 0 unspecified atom stereocenters. The van der Waals surface area contributed by atoms with Crippen LogP contribution < -0.4 is 0 Å². The number of aryl methyl sites for hydroxylation is 1. The minimum atomic E-state index is -3.57. The van der Waals surface area contributed by atoms with Crippen molar-refractivity contribution < 1.29 is 17.5 Å². The van der Waals surface area contributed by atoms with Crippen molar-refractivity contribution in [2.45, 2.75) is 55.5 Å². The summed E-state index contributed by atoms with van der Waals surface area (Å²) in [6.45, 7) is 7.13. The molecule has 1 aromatic heterocycles. The Morgan fingerprint density at radius 3 is 2.83 bits per heavy atom. The van der Waals surface area contributed by atoms with Crippen molar-refractivity contribution in [3.8, 4) is 0 Å². The molecule has 0 bridgehead atoms. The van der Waals surface area contributed by atoms with Crippen LogP contribution in [-0.2, 0) is 27.1 Å². The normalized spacial score (nSPS) is 17.3. The number of sulfonamides is 1. The molecule has 1 aliphatic heterocycles. The average Bonchev–Trinajstić information content (AvgIpc) is 3.18. The van der Waals surface area contributed by atoms with Gasteiger partial charge in [0.15, 0.2) is 5.16 Å². The van der Waals surface area contributed by atoms with Crippen LogP contribution in [0, 0.1) is 11.7 Å². The van der Waals surface area contributed by atoms with Crippen molar-refractivity contribution in [2.24, 2.45) is 5.92 Å². The summed E-state index contributed by atoms with van der Waals surface area (Å²) in [7, 11) is -3.57. The van der Waals surface area contributed by atoms with Crippen molar-refractivity contribution in [1.82, 2.24) is 13.9 Å². The van der Waals surface area contributed by atoms with Crippen molar-refractivity contribution in [3.05, 3.63) is 52.8 Å². The number of rotatable bonds is 10. The predicted molar refractivity (Wildman–Crippen MR) is 139 cm³/mol. The van der Waals surface area contributed by atoms with Gasteiger partial charge in [-0.05, 0) is 68.0 Å². The molecule has 0 N–H and O–H groups in total. The summed E-state index contributed by atoms with van der Waals surface area (Å²) in [5, 5.41) is 1.14. The van der Waals surface area contributed by atoms with Crippen LogP contribution in [0.3, 0.4) is 0 Å². The van der Waals surface area contributed by atoms with Crippen molar-refractivity contribution in [3.63, 3.8) is 0 Å². The van der Waals surface area contributed by atoms with Gasteiger partial charge in [0.05, 0.1) is 15.9 Å². The van der Waals surface area contributed by atoms with E-state index in [2.05, 4.69) is 11.5 Å². The maximum Gasteiger partial charge on any atom is 0.243 e. The first-order valence-electron chi connectivity index (χ1n) is 11.9. The number of hydrogen-bond acceptors (Lipinski definition) is 5. The smallest absolute Gasteiger partial charge is 0.243 e. The molecule has 3 aromatic rings. The third kappa shape index (κ3) is 6.20. The molecule has 4 rings (SSSR count). The molecule has 0 saturated carbocycles. The van der Waals surface area contributed by atoms with E-state index in [0.717, 1.165) is 35.5 Å². The van der Waals surface area contributed by atoms with Crippen molar-refractivity contribution in [2.75, 3.05) is 26.3 Å². The fourth-order valence-corrected chi connectivity index (χ4v) is 7.31. The van der Waals surface area contributed by atoms with Crippen molar-refractivity contribution >= 4 is 44.4 Å². The molecule has 0 amide bonds. The number of ether oxygens (including phenoxy) is 1. The standard InChI is InChI=1S/C25H31ClFN3O3S2/c1-3-33-13-5-12-30-24-10-9-21(35(31,32)29-11-4-6-18(2)16-29)15-23(24)28-25(30)34-17-19-7-8-20(27)14-22(19)26/h7-10,14-15,18H,3-6,11-13,16-17H2,1-2H3/t18-/m0/s1. The minimum absolute atomic E-state index is 0.274. The van der Waals surface area contributed by atoms with E-state index in [1.807, 2.05) is 13.0 Å². The van der Waals surface area contributed by atoms with E-state index in [9.17, 15) is 12.8 Å². The van der Waals surface area contributed by atoms with Crippen LogP contribution in [-0.4, -0.2) is 48.6 Å². The second kappa shape index (κ2) is 11.6. The van der Waals surface area contributed by atoms with Crippen LogP contribution in [0.1, 0.15) is 38.7 Å². The number of benzene rings is 2. The van der Waals surface area contributed by atoms with Gasteiger partial charge in [0, 0.05) is 43.6 Å². The number of imidazole rings is 1. The van der Waals surface area contributed by atoms with Gasteiger partial charge in [0.1, 0.15) is 5.82 Å². The molecule has 10 heteroatoms. The molecule has 6 nitrogen and oxygen atoms in total. The molecule has 1 atom stereocenters. The monoisotopic (exact) mass is 539 g/mol. The molecule has 35 heavy (non-hydrogen) atoms. The highest BCUT2D eigenvalue weighted by Gasteiger charge is 2.29. The number of nitrogens with zero attached hydrogens (tertiary/aromatic N) is 3. The summed E-state index contributed by atoms with van der Waals surface area (Å²) in [4.78, 5) is 5.07. The Kier molecular flexibility index (Phi) is 8.76. The van der Waals surface area contributed by atoms with E-state index in [4.69, 9.17) is 21.3 Å². The molecule has 1 saturated heterocycles. The number of piperidine rings is 1. The molecular weight excluding hydrogens is 509 g/mol. The van der Waals surface area contributed by atoms with Crippen LogP contribution >= 0.6 is 23.4 Å². The molecule has 2 aromatic carbocycles. The lowest BCUT2D eigenvalue weighted by Gasteiger charge is -2.30. The zero-order valence-electron chi connectivity index (χ0n) is 20.0. The first kappa shape index (κ1) is 26.4. The third-order valence-electron chi connectivity index (χ3n) is 6.19. The van der Waals surface area contributed by atoms with Crippen LogP contribution in [0.5, 0.6) is 0 Å². The highest BCUT2D eigenvalue weighted by molar-refractivity contribution is 7.98. The summed E-state index contributed by atoms with van der Waals surface area (Å²) in [5.41, 5.74) is 2.33. The van der Waals surface area contributed by atoms with Gasteiger partial charge in [-0.25, -0.2) is 17.8 Å². The van der Waals surface area contributed by atoms with Gasteiger partial charge in [-0.2, -0.15) is 4.31 Å². The fourth-order valence-electron chi connectivity index (χ4n) is 4.34. The molecule has 0 spiro atoms. The lowest BCUT2D eigenvalue weighted by atomic mass is 10.0. The molecule has 1 fully saturated rings. The second-order valence-electron chi connectivity index (χ2n) is 8.88. The summed E-state index contributed by atoms with van der Waals surface area (Å²) >= 11 is 7.71. The topological polar surface area (TPSA) is 64.4 Å². The zero-order valence-corrected chi connectivity index (χ0v) is 22.4. The Hall–Kier alpha value is -1.65. The van der Waals surface area contributed by atoms with Crippen LogP contribution in [0.4, 0.5) is 4.39 Å². The summed E-state index contributed by atoms with van der Waals surface area (Å²) < 4.78 is 49.2. The van der Waals surface area contributed by atoms with E-state index in [1.54, 1.807) is 22.5 Å². The molecule has 190 valence electrons. The fraction of sp³-hybridized carbons (Fsp3) is 0.480. The maximum atomic E-state index is 13.4. The molecule has 0 aliphatic carbocycles. The van der Waals surface area contributed by atoms with Crippen molar-refractivity contribution in [1.29, 1.82) is 0 Å². The molecular formula is C25H31ClFN3O3S2. The van der Waals surface area contributed by atoms with Crippen LogP contribution in [0.15, 0.2) is 46.5 Å². The first-order valence-corrected chi connectivity index (χ1v) is 14.7. The lowest BCUT2D eigenvalue weighted by Crippen LogP contribution is -2.39. The molecule has 2 heterocycles.